The number of phenols is 1. The fourth-order valence-electron chi connectivity index (χ4n) is 3.00. The first-order valence-corrected chi connectivity index (χ1v) is 10.7. The predicted molar refractivity (Wildman–Crippen MR) is 120 cm³/mol. The number of carboxylic acids is 1. The molecule has 0 heterocycles. The Morgan fingerprint density at radius 1 is 0.879 bits per heavy atom. The summed E-state index contributed by atoms with van der Waals surface area (Å²) >= 11 is 0. The summed E-state index contributed by atoms with van der Waals surface area (Å²) in [6.45, 7) is 6.33. The van der Waals surface area contributed by atoms with E-state index < -0.39 is 54.0 Å². The highest BCUT2D eigenvalue weighted by Crippen LogP contribution is 2.12. The van der Waals surface area contributed by atoms with Gasteiger partial charge in [-0.1, -0.05) is 26.0 Å². The van der Waals surface area contributed by atoms with Crippen molar-refractivity contribution >= 4 is 23.7 Å². The quantitative estimate of drug-likeness (QED) is 0.209. The molecule has 0 aromatic heterocycles. The number of nitrogens with two attached hydrogens (primary N) is 1. The van der Waals surface area contributed by atoms with Crippen molar-refractivity contribution in [2.24, 2.45) is 11.7 Å². The molecule has 1 rings (SSSR count). The van der Waals surface area contributed by atoms with Gasteiger partial charge in [-0.05, 0) is 43.9 Å². The third-order valence-electron chi connectivity index (χ3n) is 4.81. The molecule has 0 saturated heterocycles. The highest BCUT2D eigenvalue weighted by atomic mass is 16.4. The van der Waals surface area contributed by atoms with Crippen molar-refractivity contribution in [1.29, 1.82) is 0 Å². The van der Waals surface area contributed by atoms with Crippen LogP contribution in [0, 0.1) is 5.92 Å². The third-order valence-corrected chi connectivity index (χ3v) is 4.81. The minimum Gasteiger partial charge on any atom is -0.508 e. The van der Waals surface area contributed by atoms with Crippen LogP contribution in [0.25, 0.3) is 0 Å². The van der Waals surface area contributed by atoms with Crippen LogP contribution in [0.2, 0.25) is 0 Å². The summed E-state index contributed by atoms with van der Waals surface area (Å²) in [4.78, 5) is 49.3. The number of rotatable bonds is 12. The zero-order valence-corrected chi connectivity index (χ0v) is 19.2. The molecule has 5 unspecified atom stereocenters. The molecule has 1 aromatic carbocycles. The highest BCUT2D eigenvalue weighted by molar-refractivity contribution is 5.94. The van der Waals surface area contributed by atoms with Gasteiger partial charge in [-0.15, -0.1) is 0 Å². The summed E-state index contributed by atoms with van der Waals surface area (Å²) in [7, 11) is 0. The van der Waals surface area contributed by atoms with Gasteiger partial charge in [0.05, 0.1) is 12.1 Å². The fraction of sp³-hybridized carbons (Fsp3) is 0.545. The lowest BCUT2D eigenvalue weighted by atomic mass is 10.00. The first kappa shape index (κ1) is 27.9. The Morgan fingerprint density at radius 3 is 1.85 bits per heavy atom. The molecule has 0 radical (unpaired) electrons. The molecule has 0 spiro atoms. The van der Waals surface area contributed by atoms with Crippen LogP contribution >= 0.6 is 0 Å². The number of hydrogen-bond acceptors (Lipinski definition) is 7. The molecular weight excluding hydrogens is 432 g/mol. The van der Waals surface area contributed by atoms with Crippen molar-refractivity contribution in [2.75, 3.05) is 0 Å². The lowest BCUT2D eigenvalue weighted by molar-refractivity contribution is -0.145. The van der Waals surface area contributed by atoms with Crippen LogP contribution in [0.4, 0.5) is 0 Å². The summed E-state index contributed by atoms with van der Waals surface area (Å²) in [5.41, 5.74) is 6.25. The van der Waals surface area contributed by atoms with Crippen LogP contribution in [-0.4, -0.2) is 69.3 Å². The summed E-state index contributed by atoms with van der Waals surface area (Å²) in [5.74, 6) is -3.42. The van der Waals surface area contributed by atoms with Gasteiger partial charge < -0.3 is 37.0 Å². The van der Waals surface area contributed by atoms with Crippen molar-refractivity contribution in [1.82, 2.24) is 16.0 Å². The van der Waals surface area contributed by atoms with Gasteiger partial charge in [0.15, 0.2) is 6.04 Å². The van der Waals surface area contributed by atoms with Gasteiger partial charge in [-0.3, -0.25) is 14.4 Å². The highest BCUT2D eigenvalue weighted by Gasteiger charge is 2.32. The van der Waals surface area contributed by atoms with Crippen LogP contribution in [0.15, 0.2) is 24.3 Å². The van der Waals surface area contributed by atoms with E-state index >= 15 is 0 Å². The van der Waals surface area contributed by atoms with Crippen molar-refractivity contribution in [2.45, 2.75) is 70.8 Å². The molecule has 11 nitrogen and oxygen atoms in total. The predicted octanol–water partition coefficient (Wildman–Crippen LogP) is -0.752. The first-order valence-electron chi connectivity index (χ1n) is 10.7. The largest absolute Gasteiger partial charge is 0.508 e. The normalized spacial score (nSPS) is 15.6. The summed E-state index contributed by atoms with van der Waals surface area (Å²) in [5, 5.41) is 35.7. The Kier molecular flexibility index (Phi) is 10.8. The Bertz CT molecular complexity index is 825. The van der Waals surface area contributed by atoms with Crippen LogP contribution in [-0.2, 0) is 25.6 Å². The van der Waals surface area contributed by atoms with Crippen LogP contribution in [0.5, 0.6) is 5.75 Å². The van der Waals surface area contributed by atoms with E-state index in [1.54, 1.807) is 12.1 Å². The lowest BCUT2D eigenvalue weighted by Crippen LogP contribution is -2.58. The Balaban J connectivity index is 3.09. The number of carbonyl (C=O) groups excluding carboxylic acids is 3. The first-order chi connectivity index (χ1) is 15.3. The number of aromatic hydroxyl groups is 1. The Labute approximate surface area is 192 Å². The summed E-state index contributed by atoms with van der Waals surface area (Å²) in [6, 6.07) is 1.45. The van der Waals surface area contributed by atoms with E-state index in [0.717, 1.165) is 0 Å². The SMILES string of the molecule is CC(C)CC(NC(=O)C(Cc1ccc(O)cc1)NC(=O)C(C)N)C(=O)NC(C(=O)O)C(C)O. The van der Waals surface area contributed by atoms with E-state index in [9.17, 15) is 34.5 Å². The third kappa shape index (κ3) is 9.46. The maximum absolute atomic E-state index is 13.1. The Morgan fingerprint density at radius 2 is 1.39 bits per heavy atom. The number of aliphatic hydroxyl groups is 1. The second kappa shape index (κ2) is 12.8. The average Bonchev–Trinajstić information content (AvgIpc) is 2.71. The number of amides is 3. The topological polar surface area (TPSA) is 191 Å². The number of carbonyl (C=O) groups is 4. The second-order valence-electron chi connectivity index (χ2n) is 8.48. The molecule has 0 aliphatic heterocycles. The van der Waals surface area contributed by atoms with Crippen molar-refractivity contribution in [3.63, 3.8) is 0 Å². The van der Waals surface area contributed by atoms with Gasteiger partial charge in [0.25, 0.3) is 0 Å². The molecule has 184 valence electrons. The molecule has 0 saturated carbocycles. The average molecular weight is 467 g/mol. The van der Waals surface area contributed by atoms with Gasteiger partial charge in [0.2, 0.25) is 17.7 Å². The van der Waals surface area contributed by atoms with Crippen molar-refractivity contribution < 1.29 is 34.5 Å². The van der Waals surface area contributed by atoms with Gasteiger partial charge in [-0.2, -0.15) is 0 Å². The molecule has 11 heteroatoms. The molecule has 0 bridgehead atoms. The maximum atomic E-state index is 13.1. The fourth-order valence-corrected chi connectivity index (χ4v) is 3.00. The molecule has 0 aliphatic carbocycles. The van der Waals surface area contributed by atoms with Crippen LogP contribution in [0.1, 0.15) is 39.7 Å². The number of aliphatic hydroxyl groups excluding tert-OH is 1. The zero-order valence-electron chi connectivity index (χ0n) is 19.2. The summed E-state index contributed by atoms with van der Waals surface area (Å²) < 4.78 is 0. The van der Waals surface area contributed by atoms with Gasteiger partial charge in [0, 0.05) is 6.42 Å². The van der Waals surface area contributed by atoms with Crippen molar-refractivity contribution in [3.05, 3.63) is 29.8 Å². The van der Waals surface area contributed by atoms with E-state index in [4.69, 9.17) is 5.73 Å². The lowest BCUT2D eigenvalue weighted by Gasteiger charge is -2.26. The molecule has 0 aliphatic rings. The molecule has 8 N–H and O–H groups in total. The number of carboxylic acid groups (broad SMARTS) is 1. The van der Waals surface area contributed by atoms with Crippen molar-refractivity contribution in [3.8, 4) is 5.75 Å². The maximum Gasteiger partial charge on any atom is 0.328 e. The van der Waals surface area contributed by atoms with E-state index in [-0.39, 0.29) is 24.5 Å². The second-order valence-corrected chi connectivity index (χ2v) is 8.48. The monoisotopic (exact) mass is 466 g/mol. The molecule has 0 fully saturated rings. The molecule has 1 aromatic rings. The van der Waals surface area contributed by atoms with Gasteiger partial charge >= 0.3 is 5.97 Å². The van der Waals surface area contributed by atoms with E-state index in [0.29, 0.717) is 5.56 Å². The van der Waals surface area contributed by atoms with E-state index in [1.165, 1.54) is 26.0 Å². The molecule has 3 amide bonds. The van der Waals surface area contributed by atoms with E-state index in [1.807, 2.05) is 13.8 Å². The smallest absolute Gasteiger partial charge is 0.328 e. The minimum absolute atomic E-state index is 0.0370. The molecular formula is C22H34N4O7. The zero-order chi connectivity index (χ0) is 25.3. The number of benzene rings is 1. The Hall–Kier alpha value is -3.18. The number of phenolic OH excluding ortho intramolecular Hbond substituents is 1. The summed E-state index contributed by atoms with van der Waals surface area (Å²) in [6.07, 6.45) is -1.10. The van der Waals surface area contributed by atoms with E-state index in [2.05, 4.69) is 16.0 Å². The molecule has 33 heavy (non-hydrogen) atoms. The molecule has 5 atom stereocenters. The van der Waals surface area contributed by atoms with Gasteiger partial charge in [0.1, 0.15) is 17.8 Å². The van der Waals surface area contributed by atoms with Crippen LogP contribution < -0.4 is 21.7 Å². The number of nitrogens with one attached hydrogen (secondary N) is 3. The number of aliphatic carboxylic acids is 1. The standard InChI is InChI=1S/C22H34N4O7/c1-11(2)9-16(21(31)26-18(13(4)27)22(32)33)25-20(30)17(24-19(29)12(3)23)10-14-5-7-15(28)8-6-14/h5-8,11-13,16-18,27-28H,9-10,23H2,1-4H3,(H,24,29)(H,25,30)(H,26,31)(H,32,33). The minimum atomic E-state index is -1.55. The number of hydrogen-bond donors (Lipinski definition) is 7. The van der Waals surface area contributed by atoms with Crippen LogP contribution in [0.3, 0.4) is 0 Å². The van der Waals surface area contributed by atoms with Gasteiger partial charge in [-0.25, -0.2) is 4.79 Å².